The van der Waals surface area contributed by atoms with Crippen molar-refractivity contribution in [1.29, 1.82) is 0 Å². The van der Waals surface area contributed by atoms with Crippen LogP contribution in [0, 0.1) is 0 Å². The lowest BCUT2D eigenvalue weighted by Gasteiger charge is -2.13. The first-order chi connectivity index (χ1) is 13.7. The Morgan fingerprint density at radius 1 is 1.11 bits per heavy atom. The highest BCUT2D eigenvalue weighted by atomic mass is 16.5. The molecule has 0 saturated carbocycles. The van der Waals surface area contributed by atoms with Gasteiger partial charge in [-0.15, -0.1) is 0 Å². The zero-order chi connectivity index (χ0) is 19.3. The predicted octanol–water partition coefficient (Wildman–Crippen LogP) is 3.21. The summed E-state index contributed by atoms with van der Waals surface area (Å²) in [4.78, 5) is 12.8. The Bertz CT molecular complexity index is 1080. The Hall–Kier alpha value is -3.61. The fourth-order valence-corrected chi connectivity index (χ4v) is 3.07. The molecule has 7 nitrogen and oxygen atoms in total. The van der Waals surface area contributed by atoms with Crippen molar-refractivity contribution in [2.24, 2.45) is 0 Å². The Morgan fingerprint density at radius 3 is 2.82 bits per heavy atom. The Morgan fingerprint density at radius 2 is 2.04 bits per heavy atom. The van der Waals surface area contributed by atoms with Crippen LogP contribution in [0.5, 0.6) is 17.2 Å². The van der Waals surface area contributed by atoms with E-state index in [-0.39, 0.29) is 5.75 Å². The minimum Gasteiger partial charge on any atom is -0.508 e. The summed E-state index contributed by atoms with van der Waals surface area (Å²) in [5.74, 6) is 1.50. The predicted molar refractivity (Wildman–Crippen MR) is 105 cm³/mol. The van der Waals surface area contributed by atoms with Gasteiger partial charge in [-0.05, 0) is 23.8 Å². The van der Waals surface area contributed by atoms with Crippen LogP contribution in [-0.2, 0) is 13.0 Å². The summed E-state index contributed by atoms with van der Waals surface area (Å²) in [6.07, 6.45) is 7.50. The number of methoxy groups -OCH3 is 1. The summed E-state index contributed by atoms with van der Waals surface area (Å²) in [6.45, 7) is 1.17. The summed E-state index contributed by atoms with van der Waals surface area (Å²) >= 11 is 0. The number of phenolic OH excluding ortho intramolecular Hbond substituents is 1. The standard InChI is InChI=1S/C21H20N4O3/c1-27-20-11-17-18(10-15-3-2-4-16(26)9-15)23-13-24-19(17)12-21(20)28-8-7-25-6-5-22-14-25/h2-6,9,11-14,26H,7-8,10H2,1H3. The van der Waals surface area contributed by atoms with E-state index in [4.69, 9.17) is 9.47 Å². The molecule has 0 amide bonds. The van der Waals surface area contributed by atoms with Gasteiger partial charge in [0.1, 0.15) is 18.7 Å². The molecule has 2 aromatic heterocycles. The van der Waals surface area contributed by atoms with E-state index in [1.807, 2.05) is 35.0 Å². The van der Waals surface area contributed by atoms with Gasteiger partial charge in [0.05, 0.1) is 31.2 Å². The monoisotopic (exact) mass is 376 g/mol. The van der Waals surface area contributed by atoms with Gasteiger partial charge in [-0.2, -0.15) is 0 Å². The molecular formula is C21H20N4O3. The molecule has 2 heterocycles. The molecule has 28 heavy (non-hydrogen) atoms. The first-order valence-corrected chi connectivity index (χ1v) is 8.91. The molecule has 0 aliphatic carbocycles. The summed E-state index contributed by atoms with van der Waals surface area (Å²) in [6, 6.07) is 10.9. The van der Waals surface area contributed by atoms with Gasteiger partial charge in [0.15, 0.2) is 11.5 Å². The van der Waals surface area contributed by atoms with Crippen molar-refractivity contribution in [1.82, 2.24) is 19.5 Å². The van der Waals surface area contributed by atoms with Crippen LogP contribution in [0.15, 0.2) is 61.4 Å². The summed E-state index contributed by atoms with van der Waals surface area (Å²) < 4.78 is 13.4. The van der Waals surface area contributed by atoms with Crippen LogP contribution >= 0.6 is 0 Å². The zero-order valence-corrected chi connectivity index (χ0v) is 15.4. The van der Waals surface area contributed by atoms with Crippen LogP contribution in [-0.4, -0.2) is 38.3 Å². The average Bonchev–Trinajstić information content (AvgIpc) is 3.21. The topological polar surface area (TPSA) is 82.3 Å². The van der Waals surface area contributed by atoms with Crippen molar-refractivity contribution in [2.75, 3.05) is 13.7 Å². The number of benzene rings is 2. The fourth-order valence-electron chi connectivity index (χ4n) is 3.07. The lowest BCUT2D eigenvalue weighted by molar-refractivity contribution is 0.280. The molecule has 0 fully saturated rings. The van der Waals surface area contributed by atoms with Gasteiger partial charge in [-0.1, -0.05) is 12.1 Å². The third kappa shape index (κ3) is 3.88. The van der Waals surface area contributed by atoms with Crippen LogP contribution < -0.4 is 9.47 Å². The number of phenols is 1. The van der Waals surface area contributed by atoms with E-state index in [1.54, 1.807) is 38.1 Å². The van der Waals surface area contributed by atoms with Crippen molar-refractivity contribution in [3.05, 3.63) is 72.7 Å². The summed E-state index contributed by atoms with van der Waals surface area (Å²) in [7, 11) is 1.61. The Balaban J connectivity index is 1.61. The maximum atomic E-state index is 9.70. The van der Waals surface area contributed by atoms with Gasteiger partial charge < -0.3 is 19.1 Å². The molecule has 0 unspecified atom stereocenters. The van der Waals surface area contributed by atoms with Gasteiger partial charge in [0.2, 0.25) is 0 Å². The number of fused-ring (bicyclic) bond motifs is 1. The SMILES string of the molecule is COc1cc2c(Cc3cccc(O)c3)ncnc2cc1OCCn1ccnc1. The van der Waals surface area contributed by atoms with Gasteiger partial charge in [0.25, 0.3) is 0 Å². The molecular weight excluding hydrogens is 356 g/mol. The molecule has 0 aliphatic rings. The van der Waals surface area contributed by atoms with Crippen LogP contribution in [0.3, 0.4) is 0 Å². The van der Waals surface area contributed by atoms with Crippen LogP contribution in [0.2, 0.25) is 0 Å². The molecule has 7 heteroatoms. The molecule has 0 atom stereocenters. The molecule has 0 saturated heterocycles. The molecule has 0 aliphatic heterocycles. The molecule has 0 radical (unpaired) electrons. The number of ether oxygens (including phenoxy) is 2. The van der Waals surface area contributed by atoms with E-state index >= 15 is 0 Å². The highest BCUT2D eigenvalue weighted by Gasteiger charge is 2.12. The molecule has 142 valence electrons. The smallest absolute Gasteiger partial charge is 0.163 e. The normalized spacial score (nSPS) is 10.9. The third-order valence-electron chi connectivity index (χ3n) is 4.45. The fraction of sp³-hybridized carbons (Fsp3) is 0.190. The number of hydrogen-bond donors (Lipinski definition) is 1. The summed E-state index contributed by atoms with van der Waals surface area (Å²) in [5.41, 5.74) is 2.61. The second-order valence-electron chi connectivity index (χ2n) is 6.34. The molecule has 0 spiro atoms. The maximum Gasteiger partial charge on any atom is 0.163 e. The van der Waals surface area contributed by atoms with E-state index in [2.05, 4.69) is 15.0 Å². The van der Waals surface area contributed by atoms with E-state index < -0.39 is 0 Å². The highest BCUT2D eigenvalue weighted by Crippen LogP contribution is 2.33. The van der Waals surface area contributed by atoms with E-state index in [9.17, 15) is 5.11 Å². The number of nitrogens with zero attached hydrogens (tertiary/aromatic N) is 4. The highest BCUT2D eigenvalue weighted by molar-refractivity contribution is 5.84. The van der Waals surface area contributed by atoms with Gasteiger partial charge in [0, 0.05) is 30.3 Å². The van der Waals surface area contributed by atoms with Crippen molar-refractivity contribution < 1.29 is 14.6 Å². The lowest BCUT2D eigenvalue weighted by atomic mass is 10.0. The maximum absolute atomic E-state index is 9.70. The van der Waals surface area contributed by atoms with Crippen LogP contribution in [0.4, 0.5) is 0 Å². The molecule has 2 aromatic carbocycles. The number of hydrogen-bond acceptors (Lipinski definition) is 6. The number of imidazole rings is 1. The first-order valence-electron chi connectivity index (χ1n) is 8.91. The first kappa shape index (κ1) is 17.8. The molecule has 0 bridgehead atoms. The largest absolute Gasteiger partial charge is 0.508 e. The minimum atomic E-state index is 0.238. The third-order valence-corrected chi connectivity index (χ3v) is 4.45. The second-order valence-corrected chi connectivity index (χ2v) is 6.34. The second kappa shape index (κ2) is 7.96. The average molecular weight is 376 g/mol. The quantitative estimate of drug-likeness (QED) is 0.533. The number of rotatable bonds is 7. The molecule has 1 N–H and O–H groups in total. The minimum absolute atomic E-state index is 0.238. The van der Waals surface area contributed by atoms with Crippen LogP contribution in [0.25, 0.3) is 10.9 Å². The van der Waals surface area contributed by atoms with Crippen LogP contribution in [0.1, 0.15) is 11.3 Å². The van der Waals surface area contributed by atoms with Crippen molar-refractivity contribution in [3.63, 3.8) is 0 Å². The van der Waals surface area contributed by atoms with E-state index in [1.165, 1.54) is 0 Å². The van der Waals surface area contributed by atoms with Gasteiger partial charge in [-0.3, -0.25) is 0 Å². The lowest BCUT2D eigenvalue weighted by Crippen LogP contribution is -2.07. The Labute approximate surface area is 162 Å². The summed E-state index contributed by atoms with van der Waals surface area (Å²) in [5, 5.41) is 10.6. The van der Waals surface area contributed by atoms with E-state index in [0.717, 1.165) is 22.2 Å². The van der Waals surface area contributed by atoms with Crippen molar-refractivity contribution in [2.45, 2.75) is 13.0 Å². The number of aromatic hydroxyl groups is 1. The van der Waals surface area contributed by atoms with Crippen molar-refractivity contribution >= 4 is 10.9 Å². The van der Waals surface area contributed by atoms with Gasteiger partial charge in [-0.25, -0.2) is 15.0 Å². The van der Waals surface area contributed by atoms with Crippen molar-refractivity contribution in [3.8, 4) is 17.2 Å². The van der Waals surface area contributed by atoms with Gasteiger partial charge >= 0.3 is 0 Å². The Kier molecular flexibility index (Phi) is 5.05. The molecule has 4 rings (SSSR count). The number of aromatic nitrogens is 4. The molecule has 4 aromatic rings. The van der Waals surface area contributed by atoms with E-state index in [0.29, 0.717) is 31.1 Å². The zero-order valence-electron chi connectivity index (χ0n) is 15.4.